The standard InChI is InChI=1S/C18H16O4/c1-13-7-9-17(22-12-14-5-3-2-4-6-14)15(11-13)16(19)8-10-18(20)21/h2-11H,12H2,1H3,(H,20,21)/b10-8+. The zero-order chi connectivity index (χ0) is 15.9. The molecule has 4 nitrogen and oxygen atoms in total. The van der Waals surface area contributed by atoms with Crippen molar-refractivity contribution in [3.05, 3.63) is 77.4 Å². The predicted molar refractivity (Wildman–Crippen MR) is 83.1 cm³/mol. The Kier molecular flexibility index (Phi) is 5.09. The van der Waals surface area contributed by atoms with Gasteiger partial charge in [0.25, 0.3) is 0 Å². The number of aryl methyl sites for hydroxylation is 1. The highest BCUT2D eigenvalue weighted by atomic mass is 16.5. The summed E-state index contributed by atoms with van der Waals surface area (Å²) < 4.78 is 5.70. The molecule has 22 heavy (non-hydrogen) atoms. The first-order valence-electron chi connectivity index (χ1n) is 6.79. The number of allylic oxidation sites excluding steroid dienone is 1. The van der Waals surface area contributed by atoms with E-state index in [4.69, 9.17) is 9.84 Å². The van der Waals surface area contributed by atoms with Crippen LogP contribution in [0.4, 0.5) is 0 Å². The number of carbonyl (C=O) groups is 2. The maximum atomic E-state index is 12.1. The van der Waals surface area contributed by atoms with Crippen LogP contribution in [0.5, 0.6) is 5.75 Å². The van der Waals surface area contributed by atoms with Crippen LogP contribution in [0.1, 0.15) is 21.5 Å². The fraction of sp³-hybridized carbons (Fsp3) is 0.111. The van der Waals surface area contributed by atoms with E-state index in [1.165, 1.54) is 0 Å². The number of ketones is 1. The second kappa shape index (κ2) is 7.22. The number of benzene rings is 2. The number of hydrogen-bond donors (Lipinski definition) is 1. The SMILES string of the molecule is Cc1ccc(OCc2ccccc2)c(C(=O)/C=C/C(=O)O)c1. The van der Waals surface area contributed by atoms with Crippen LogP contribution in [0, 0.1) is 6.92 Å². The number of aliphatic carboxylic acids is 1. The Hall–Kier alpha value is -2.88. The molecule has 0 amide bonds. The molecule has 0 heterocycles. The van der Waals surface area contributed by atoms with Crippen molar-refractivity contribution in [2.24, 2.45) is 0 Å². The molecule has 2 aromatic rings. The Bertz CT molecular complexity index is 702. The predicted octanol–water partition coefficient (Wildman–Crippen LogP) is 3.40. The Morgan fingerprint density at radius 1 is 1.09 bits per heavy atom. The normalized spacial score (nSPS) is 10.6. The van der Waals surface area contributed by atoms with E-state index in [0.29, 0.717) is 17.9 Å². The Labute approximate surface area is 128 Å². The molecule has 112 valence electrons. The van der Waals surface area contributed by atoms with Gasteiger partial charge in [0.05, 0.1) is 5.56 Å². The molecule has 0 fully saturated rings. The van der Waals surface area contributed by atoms with Crippen molar-refractivity contribution in [3.63, 3.8) is 0 Å². The first-order valence-corrected chi connectivity index (χ1v) is 6.79. The minimum absolute atomic E-state index is 0.340. The van der Waals surface area contributed by atoms with Crippen molar-refractivity contribution in [2.45, 2.75) is 13.5 Å². The molecule has 2 rings (SSSR count). The lowest BCUT2D eigenvalue weighted by Crippen LogP contribution is -2.03. The van der Waals surface area contributed by atoms with Crippen LogP contribution in [-0.2, 0) is 11.4 Å². The van der Waals surface area contributed by atoms with Crippen LogP contribution in [-0.4, -0.2) is 16.9 Å². The smallest absolute Gasteiger partial charge is 0.328 e. The second-order valence-electron chi connectivity index (χ2n) is 4.81. The van der Waals surface area contributed by atoms with Crippen LogP contribution in [0.2, 0.25) is 0 Å². The zero-order valence-electron chi connectivity index (χ0n) is 12.2. The maximum absolute atomic E-state index is 12.1. The van der Waals surface area contributed by atoms with E-state index in [1.54, 1.807) is 12.1 Å². The number of ether oxygens (including phenoxy) is 1. The summed E-state index contributed by atoms with van der Waals surface area (Å²) in [5, 5.41) is 8.61. The van der Waals surface area contributed by atoms with Crippen molar-refractivity contribution in [3.8, 4) is 5.75 Å². The number of carboxylic acids is 1. The molecule has 0 saturated carbocycles. The molecule has 0 aliphatic heterocycles. The van der Waals surface area contributed by atoms with Gasteiger partial charge in [0.2, 0.25) is 0 Å². The van der Waals surface area contributed by atoms with Crippen molar-refractivity contribution in [1.29, 1.82) is 0 Å². The summed E-state index contributed by atoms with van der Waals surface area (Å²) in [6, 6.07) is 14.9. The van der Waals surface area contributed by atoms with Gasteiger partial charge in [0.1, 0.15) is 12.4 Å². The van der Waals surface area contributed by atoms with Gasteiger partial charge in [-0.25, -0.2) is 4.79 Å². The summed E-state index contributed by atoms with van der Waals surface area (Å²) >= 11 is 0. The molecular formula is C18H16O4. The summed E-state index contributed by atoms with van der Waals surface area (Å²) in [6.07, 6.45) is 1.86. The number of carboxylic acid groups (broad SMARTS) is 1. The first kappa shape index (κ1) is 15.5. The Morgan fingerprint density at radius 2 is 1.82 bits per heavy atom. The largest absolute Gasteiger partial charge is 0.488 e. The lowest BCUT2D eigenvalue weighted by Gasteiger charge is -2.10. The van der Waals surface area contributed by atoms with E-state index in [0.717, 1.165) is 23.3 Å². The van der Waals surface area contributed by atoms with Crippen LogP contribution in [0.25, 0.3) is 0 Å². The molecule has 0 aliphatic carbocycles. The topological polar surface area (TPSA) is 63.6 Å². The van der Waals surface area contributed by atoms with Crippen LogP contribution >= 0.6 is 0 Å². The summed E-state index contributed by atoms with van der Waals surface area (Å²) in [5.41, 5.74) is 2.25. The minimum Gasteiger partial charge on any atom is -0.488 e. The van der Waals surface area contributed by atoms with Gasteiger partial charge in [-0.05, 0) is 30.7 Å². The molecule has 0 radical (unpaired) electrons. The van der Waals surface area contributed by atoms with Gasteiger partial charge in [-0.1, -0.05) is 42.0 Å². The fourth-order valence-electron chi connectivity index (χ4n) is 1.93. The third kappa shape index (κ3) is 4.31. The van der Waals surface area contributed by atoms with E-state index in [-0.39, 0.29) is 0 Å². The van der Waals surface area contributed by atoms with Crippen molar-refractivity contribution >= 4 is 11.8 Å². The third-order valence-electron chi connectivity index (χ3n) is 3.01. The zero-order valence-corrected chi connectivity index (χ0v) is 12.2. The number of hydrogen-bond acceptors (Lipinski definition) is 3. The lowest BCUT2D eigenvalue weighted by molar-refractivity contribution is -0.131. The van der Waals surface area contributed by atoms with Crippen molar-refractivity contribution in [1.82, 2.24) is 0 Å². The third-order valence-corrected chi connectivity index (χ3v) is 3.01. The molecule has 0 atom stereocenters. The summed E-state index contributed by atoms with van der Waals surface area (Å²) in [5.74, 6) is -1.11. The first-order chi connectivity index (χ1) is 10.6. The molecule has 0 saturated heterocycles. The number of rotatable bonds is 6. The molecule has 4 heteroatoms. The van der Waals surface area contributed by atoms with E-state index < -0.39 is 11.8 Å². The van der Waals surface area contributed by atoms with Crippen molar-refractivity contribution in [2.75, 3.05) is 0 Å². The molecule has 0 aromatic heterocycles. The van der Waals surface area contributed by atoms with E-state index in [2.05, 4.69) is 0 Å². The quantitative estimate of drug-likeness (QED) is 0.655. The van der Waals surface area contributed by atoms with E-state index in [1.807, 2.05) is 43.3 Å². The minimum atomic E-state index is -1.16. The second-order valence-corrected chi connectivity index (χ2v) is 4.81. The highest BCUT2D eigenvalue weighted by Gasteiger charge is 2.11. The fourth-order valence-corrected chi connectivity index (χ4v) is 1.93. The van der Waals surface area contributed by atoms with Gasteiger partial charge >= 0.3 is 5.97 Å². The van der Waals surface area contributed by atoms with Crippen LogP contribution < -0.4 is 4.74 Å². The summed E-state index contributed by atoms with van der Waals surface area (Å²) in [4.78, 5) is 22.6. The molecule has 1 N–H and O–H groups in total. The molecule has 0 aliphatic rings. The van der Waals surface area contributed by atoms with Crippen molar-refractivity contribution < 1.29 is 19.4 Å². The lowest BCUT2D eigenvalue weighted by atomic mass is 10.1. The average Bonchev–Trinajstić information content (AvgIpc) is 2.52. The average molecular weight is 296 g/mol. The van der Waals surface area contributed by atoms with Gasteiger partial charge in [0, 0.05) is 6.08 Å². The van der Waals surface area contributed by atoms with Gasteiger partial charge in [-0.2, -0.15) is 0 Å². The molecule has 0 unspecified atom stereocenters. The van der Waals surface area contributed by atoms with Gasteiger partial charge in [-0.15, -0.1) is 0 Å². The van der Waals surface area contributed by atoms with Crippen LogP contribution in [0.3, 0.4) is 0 Å². The Morgan fingerprint density at radius 3 is 2.50 bits per heavy atom. The van der Waals surface area contributed by atoms with E-state index >= 15 is 0 Å². The summed E-state index contributed by atoms with van der Waals surface area (Å²) in [6.45, 7) is 2.20. The monoisotopic (exact) mass is 296 g/mol. The van der Waals surface area contributed by atoms with E-state index in [9.17, 15) is 9.59 Å². The van der Waals surface area contributed by atoms with Gasteiger partial charge in [0.15, 0.2) is 5.78 Å². The van der Waals surface area contributed by atoms with Gasteiger partial charge in [-0.3, -0.25) is 4.79 Å². The molecule has 0 spiro atoms. The Balaban J connectivity index is 2.20. The molecular weight excluding hydrogens is 280 g/mol. The van der Waals surface area contributed by atoms with Gasteiger partial charge < -0.3 is 9.84 Å². The maximum Gasteiger partial charge on any atom is 0.328 e. The molecule has 0 bridgehead atoms. The highest BCUT2D eigenvalue weighted by molar-refractivity contribution is 6.08. The highest BCUT2D eigenvalue weighted by Crippen LogP contribution is 2.22. The molecule has 2 aromatic carbocycles. The number of carbonyl (C=O) groups excluding carboxylic acids is 1. The van der Waals surface area contributed by atoms with Crippen LogP contribution in [0.15, 0.2) is 60.7 Å². The summed E-state index contributed by atoms with van der Waals surface area (Å²) in [7, 11) is 0.